The molecule has 92 valence electrons. The number of hydrogen-bond donors (Lipinski definition) is 1. The normalized spacial score (nSPS) is 18.5. The van der Waals surface area contributed by atoms with Gasteiger partial charge in [-0.3, -0.25) is 4.79 Å². The van der Waals surface area contributed by atoms with Crippen molar-refractivity contribution in [2.45, 2.75) is 31.9 Å². The van der Waals surface area contributed by atoms with Gasteiger partial charge in [-0.25, -0.2) is 0 Å². The molecule has 1 aromatic carbocycles. The van der Waals surface area contributed by atoms with Gasteiger partial charge in [0.2, 0.25) is 0 Å². The highest BCUT2D eigenvalue weighted by atomic mass is 35.5. The summed E-state index contributed by atoms with van der Waals surface area (Å²) in [5.74, 6) is -0.0823. The third-order valence-electron chi connectivity index (χ3n) is 3.18. The zero-order valence-electron chi connectivity index (χ0n) is 9.78. The first-order valence-corrected chi connectivity index (χ1v) is 6.09. The molecule has 2 N–H and O–H groups in total. The molecule has 2 rings (SSSR count). The smallest absolute Gasteiger partial charge is 0.326 e. The van der Waals surface area contributed by atoms with E-state index in [0.29, 0.717) is 5.02 Å². The van der Waals surface area contributed by atoms with Gasteiger partial charge in [-0.2, -0.15) is 0 Å². The maximum atomic E-state index is 11.8. The van der Waals surface area contributed by atoms with Crippen molar-refractivity contribution in [3.8, 4) is 0 Å². The van der Waals surface area contributed by atoms with Crippen LogP contribution in [0.15, 0.2) is 24.3 Å². The number of benzene rings is 1. The molecule has 0 spiro atoms. The number of ether oxygens (including phenoxy) is 1. The fourth-order valence-corrected chi connectivity index (χ4v) is 1.95. The minimum absolute atomic E-state index is 0.179. The monoisotopic (exact) mass is 253 g/mol. The molecule has 0 amide bonds. The van der Waals surface area contributed by atoms with E-state index in [2.05, 4.69) is 0 Å². The molecular weight excluding hydrogens is 238 g/mol. The molecule has 1 fully saturated rings. The quantitative estimate of drug-likeness (QED) is 0.839. The molecule has 1 atom stereocenters. The van der Waals surface area contributed by atoms with Gasteiger partial charge in [0.05, 0.1) is 0 Å². The average Bonchev–Trinajstić information content (AvgIpc) is 3.11. The van der Waals surface area contributed by atoms with Gasteiger partial charge in [0.15, 0.2) is 0 Å². The van der Waals surface area contributed by atoms with E-state index in [1.54, 1.807) is 13.0 Å². The molecule has 0 radical (unpaired) electrons. The van der Waals surface area contributed by atoms with E-state index in [1.807, 2.05) is 18.2 Å². The van der Waals surface area contributed by atoms with Gasteiger partial charge >= 0.3 is 5.97 Å². The van der Waals surface area contributed by atoms with Gasteiger partial charge in [-0.1, -0.05) is 29.8 Å². The second kappa shape index (κ2) is 4.67. The lowest BCUT2D eigenvalue weighted by Gasteiger charge is -2.22. The van der Waals surface area contributed by atoms with Crippen molar-refractivity contribution in [1.82, 2.24) is 0 Å². The minimum atomic E-state index is -0.860. The summed E-state index contributed by atoms with van der Waals surface area (Å²) in [5.41, 5.74) is 5.90. The lowest BCUT2D eigenvalue weighted by Crippen LogP contribution is -2.48. The Bertz CT molecular complexity index is 427. The number of nitrogens with two attached hydrogens (primary N) is 1. The highest BCUT2D eigenvalue weighted by Crippen LogP contribution is 2.38. The summed E-state index contributed by atoms with van der Waals surface area (Å²) in [4.78, 5) is 11.8. The third-order valence-corrected chi connectivity index (χ3v) is 3.55. The van der Waals surface area contributed by atoms with Gasteiger partial charge in [-0.05, 0) is 31.7 Å². The molecule has 0 aliphatic heterocycles. The van der Waals surface area contributed by atoms with Crippen LogP contribution in [0.5, 0.6) is 0 Å². The summed E-state index contributed by atoms with van der Waals surface area (Å²) in [6.45, 7) is 1.91. The number of carbonyl (C=O) groups excluding carboxylic acids is 1. The molecule has 17 heavy (non-hydrogen) atoms. The fourth-order valence-electron chi connectivity index (χ4n) is 1.76. The van der Waals surface area contributed by atoms with Crippen LogP contribution in [0.4, 0.5) is 0 Å². The van der Waals surface area contributed by atoms with Crippen molar-refractivity contribution in [3.05, 3.63) is 34.9 Å². The first-order chi connectivity index (χ1) is 8.01. The summed E-state index contributed by atoms with van der Waals surface area (Å²) >= 11 is 5.97. The van der Waals surface area contributed by atoms with E-state index in [4.69, 9.17) is 22.1 Å². The maximum absolute atomic E-state index is 11.8. The van der Waals surface area contributed by atoms with Gasteiger partial charge in [0.25, 0.3) is 0 Å². The van der Waals surface area contributed by atoms with Crippen LogP contribution in [0.25, 0.3) is 0 Å². The van der Waals surface area contributed by atoms with Crippen molar-refractivity contribution >= 4 is 17.6 Å². The summed E-state index contributed by atoms with van der Waals surface area (Å²) in [6.07, 6.45) is 2.02. The largest absolute Gasteiger partial charge is 0.459 e. The molecule has 4 heteroatoms. The second-order valence-corrected chi connectivity index (χ2v) is 5.13. The highest BCUT2D eigenvalue weighted by Gasteiger charge is 2.45. The molecule has 0 saturated heterocycles. The van der Waals surface area contributed by atoms with E-state index >= 15 is 0 Å². The molecule has 1 aliphatic carbocycles. The molecular formula is C13H16ClNO2. The first kappa shape index (κ1) is 12.4. The van der Waals surface area contributed by atoms with Gasteiger partial charge in [-0.15, -0.1) is 0 Å². The van der Waals surface area contributed by atoms with E-state index in [-0.39, 0.29) is 18.5 Å². The standard InChI is InChI=1S/C13H16ClNO2/c1-13(15,10-6-7-10)12(16)17-8-9-4-2-3-5-11(9)14/h2-5,10H,6-8,15H2,1H3. The summed E-state index contributed by atoms with van der Waals surface area (Å²) in [5, 5.41) is 0.602. The van der Waals surface area contributed by atoms with E-state index < -0.39 is 5.54 Å². The lowest BCUT2D eigenvalue weighted by atomic mass is 9.98. The van der Waals surface area contributed by atoms with Crippen LogP contribution in [0.1, 0.15) is 25.3 Å². The van der Waals surface area contributed by atoms with E-state index in [9.17, 15) is 4.79 Å². The van der Waals surface area contributed by atoms with Crippen LogP contribution in [-0.2, 0) is 16.1 Å². The Balaban J connectivity index is 1.94. The Morgan fingerprint density at radius 1 is 1.53 bits per heavy atom. The highest BCUT2D eigenvalue weighted by molar-refractivity contribution is 6.31. The zero-order valence-corrected chi connectivity index (χ0v) is 10.5. The fraction of sp³-hybridized carbons (Fsp3) is 0.462. The first-order valence-electron chi connectivity index (χ1n) is 5.71. The number of esters is 1. The van der Waals surface area contributed by atoms with Crippen LogP contribution in [-0.4, -0.2) is 11.5 Å². The van der Waals surface area contributed by atoms with Crippen molar-refractivity contribution in [2.24, 2.45) is 11.7 Å². The van der Waals surface area contributed by atoms with Crippen LogP contribution in [0.2, 0.25) is 5.02 Å². The molecule has 0 bridgehead atoms. The average molecular weight is 254 g/mol. The lowest BCUT2D eigenvalue weighted by molar-refractivity contribution is -0.151. The number of carbonyl (C=O) groups is 1. The predicted molar refractivity (Wildman–Crippen MR) is 66.6 cm³/mol. The van der Waals surface area contributed by atoms with Gasteiger partial charge in [0.1, 0.15) is 12.1 Å². The molecule has 1 saturated carbocycles. The molecule has 1 aromatic rings. The SMILES string of the molecule is CC(N)(C(=O)OCc1ccccc1Cl)C1CC1. The van der Waals surface area contributed by atoms with Crippen LogP contribution in [0.3, 0.4) is 0 Å². The zero-order chi connectivity index (χ0) is 12.5. The van der Waals surface area contributed by atoms with Crippen LogP contribution in [0, 0.1) is 5.92 Å². The number of hydrogen-bond acceptors (Lipinski definition) is 3. The molecule has 0 aromatic heterocycles. The summed E-state index contributed by atoms with van der Waals surface area (Å²) in [6, 6.07) is 7.30. The van der Waals surface area contributed by atoms with Crippen molar-refractivity contribution < 1.29 is 9.53 Å². The Labute approximate surface area is 106 Å². The van der Waals surface area contributed by atoms with Crippen molar-refractivity contribution in [3.63, 3.8) is 0 Å². The Morgan fingerprint density at radius 2 is 2.18 bits per heavy atom. The van der Waals surface area contributed by atoms with Crippen LogP contribution < -0.4 is 5.73 Å². The summed E-state index contributed by atoms with van der Waals surface area (Å²) in [7, 11) is 0. The molecule has 3 nitrogen and oxygen atoms in total. The summed E-state index contributed by atoms with van der Waals surface area (Å²) < 4.78 is 5.23. The van der Waals surface area contributed by atoms with Crippen molar-refractivity contribution in [2.75, 3.05) is 0 Å². The minimum Gasteiger partial charge on any atom is -0.459 e. The van der Waals surface area contributed by atoms with E-state index in [1.165, 1.54) is 0 Å². The molecule has 0 heterocycles. The Hall–Kier alpha value is -1.06. The van der Waals surface area contributed by atoms with Gasteiger partial charge in [0, 0.05) is 10.6 Å². The number of halogens is 1. The maximum Gasteiger partial charge on any atom is 0.326 e. The third kappa shape index (κ3) is 2.79. The number of rotatable bonds is 4. The van der Waals surface area contributed by atoms with E-state index in [0.717, 1.165) is 18.4 Å². The molecule has 1 aliphatic rings. The Morgan fingerprint density at radius 3 is 2.76 bits per heavy atom. The molecule has 1 unspecified atom stereocenters. The van der Waals surface area contributed by atoms with Gasteiger partial charge < -0.3 is 10.5 Å². The predicted octanol–water partition coefficient (Wildman–Crippen LogP) is 2.51. The topological polar surface area (TPSA) is 52.3 Å². The van der Waals surface area contributed by atoms with Crippen LogP contribution >= 0.6 is 11.6 Å². The second-order valence-electron chi connectivity index (χ2n) is 4.72. The Kier molecular flexibility index (Phi) is 3.40. The van der Waals surface area contributed by atoms with Crippen molar-refractivity contribution in [1.29, 1.82) is 0 Å².